The second-order valence-electron chi connectivity index (χ2n) is 18.3. The zero-order chi connectivity index (χ0) is 44.7. The highest BCUT2D eigenvalue weighted by molar-refractivity contribution is 6.31. The maximum Gasteiger partial charge on any atom is 0.0630 e. The Balaban J connectivity index is 0.891. The number of allylic oxidation sites excluding steroid dienone is 2. The van der Waals surface area contributed by atoms with Gasteiger partial charge in [-0.05, 0) is 143 Å². The van der Waals surface area contributed by atoms with Gasteiger partial charge in [-0.3, -0.25) is 0 Å². The zero-order valence-corrected chi connectivity index (χ0v) is 37.3. The summed E-state index contributed by atoms with van der Waals surface area (Å²) in [7, 11) is 0. The largest absolute Gasteiger partial charge is 0.333 e. The first-order chi connectivity index (χ1) is 33.7. The maximum atomic E-state index is 2.50. The Morgan fingerprint density at radius 2 is 0.882 bits per heavy atom. The van der Waals surface area contributed by atoms with Gasteiger partial charge in [0.2, 0.25) is 0 Å². The van der Waals surface area contributed by atoms with E-state index in [1.54, 1.807) is 0 Å². The van der Waals surface area contributed by atoms with Gasteiger partial charge in [-0.25, -0.2) is 0 Å². The fourth-order valence-electron chi connectivity index (χ4n) is 11.7. The van der Waals surface area contributed by atoms with Gasteiger partial charge in [0.1, 0.15) is 0 Å². The van der Waals surface area contributed by atoms with Crippen LogP contribution in [0.1, 0.15) is 17.0 Å². The Bertz CT molecular complexity index is 4040. The predicted molar refractivity (Wildman–Crippen MR) is 288 cm³/mol. The fourth-order valence-corrected chi connectivity index (χ4v) is 11.7. The summed E-state index contributed by atoms with van der Waals surface area (Å²) >= 11 is 0. The fraction of sp³-hybridized carbons (Fsp3) is 0.0303. The van der Waals surface area contributed by atoms with Crippen LogP contribution in [0.15, 0.2) is 255 Å². The molecule has 0 saturated heterocycles. The minimum absolute atomic E-state index is 0.228. The molecule has 0 spiro atoms. The molecular weight excluding hydrogens is 821 g/mol. The maximum absolute atomic E-state index is 2.50. The molecule has 1 aliphatic heterocycles. The van der Waals surface area contributed by atoms with E-state index in [-0.39, 0.29) is 12.0 Å². The zero-order valence-electron chi connectivity index (χ0n) is 37.3. The molecule has 2 atom stereocenters. The van der Waals surface area contributed by atoms with Crippen molar-refractivity contribution in [1.82, 2.24) is 4.57 Å². The minimum Gasteiger partial charge on any atom is -0.333 e. The van der Waals surface area contributed by atoms with E-state index >= 15 is 0 Å². The highest BCUT2D eigenvalue weighted by Gasteiger charge is 2.38. The molecule has 2 aliphatic rings. The lowest BCUT2D eigenvalue weighted by atomic mass is 9.84. The first kappa shape index (κ1) is 38.5. The first-order valence-corrected chi connectivity index (χ1v) is 23.7. The van der Waals surface area contributed by atoms with Crippen LogP contribution < -0.4 is 4.90 Å². The number of hydrogen-bond acceptors (Lipinski definition) is 1. The van der Waals surface area contributed by atoms with Gasteiger partial charge in [-0.2, -0.15) is 0 Å². The Morgan fingerprint density at radius 1 is 0.338 bits per heavy atom. The van der Waals surface area contributed by atoms with Gasteiger partial charge < -0.3 is 9.47 Å². The van der Waals surface area contributed by atoms with Crippen LogP contribution >= 0.6 is 0 Å². The molecule has 0 saturated carbocycles. The number of nitrogens with zero attached hydrogens (tertiary/aromatic N) is 2. The van der Waals surface area contributed by atoms with Crippen LogP contribution in [0.4, 0.5) is 11.4 Å². The van der Waals surface area contributed by atoms with E-state index < -0.39 is 0 Å². The molecule has 1 aliphatic carbocycles. The van der Waals surface area contributed by atoms with Gasteiger partial charge in [-0.1, -0.05) is 194 Å². The molecular formula is C66H44N2. The number of para-hydroxylation sites is 4. The summed E-state index contributed by atoms with van der Waals surface area (Å²) in [6.45, 7) is 0. The number of aromatic nitrogens is 1. The van der Waals surface area contributed by atoms with Crippen molar-refractivity contribution in [3.05, 3.63) is 266 Å². The summed E-state index contributed by atoms with van der Waals surface area (Å²) in [5.74, 6) is 0.254. The molecule has 2 heteroatoms. The van der Waals surface area contributed by atoms with Gasteiger partial charge in [0.15, 0.2) is 0 Å². The second-order valence-corrected chi connectivity index (χ2v) is 18.3. The summed E-state index contributed by atoms with van der Waals surface area (Å²) in [5, 5.41) is 10.2. The summed E-state index contributed by atoms with van der Waals surface area (Å²) in [6, 6.07) is 87.5. The molecule has 14 rings (SSSR count). The Hall–Kier alpha value is -8.72. The van der Waals surface area contributed by atoms with Crippen molar-refractivity contribution in [3.8, 4) is 39.1 Å². The van der Waals surface area contributed by atoms with Crippen molar-refractivity contribution in [2.75, 3.05) is 4.90 Å². The molecule has 2 nitrogen and oxygen atoms in total. The third-order valence-corrected chi connectivity index (χ3v) is 14.7. The average Bonchev–Trinajstić information content (AvgIpc) is 3.93. The third-order valence-electron chi connectivity index (χ3n) is 14.7. The van der Waals surface area contributed by atoms with Gasteiger partial charge in [0.05, 0.1) is 17.1 Å². The number of fused-ring (bicyclic) bond motifs is 12. The highest BCUT2D eigenvalue weighted by Crippen LogP contribution is 2.50. The van der Waals surface area contributed by atoms with Crippen LogP contribution in [-0.2, 0) is 0 Å². The van der Waals surface area contributed by atoms with E-state index in [0.717, 1.165) is 0 Å². The van der Waals surface area contributed by atoms with Crippen molar-refractivity contribution in [3.63, 3.8) is 0 Å². The Morgan fingerprint density at radius 3 is 1.65 bits per heavy atom. The van der Waals surface area contributed by atoms with Crippen molar-refractivity contribution in [2.45, 2.75) is 12.0 Å². The molecule has 12 aromatic rings. The van der Waals surface area contributed by atoms with Crippen LogP contribution in [0.3, 0.4) is 0 Å². The van der Waals surface area contributed by atoms with Crippen molar-refractivity contribution in [1.29, 1.82) is 0 Å². The SMILES string of the molecule is C1=CC2C(C=C1c1cccc(-c3cccc4c3c3ccccc3c3cccc(-c5cccc(-c6ccc7c(c6)c6ccccc6n7-c6ccccc6)c5)c34)c1)c1ccccc1N2c1ccccc1. The number of hydrogen-bond donors (Lipinski definition) is 0. The Labute approximate surface area is 395 Å². The van der Waals surface area contributed by atoms with Crippen molar-refractivity contribution >= 4 is 71.1 Å². The van der Waals surface area contributed by atoms with Crippen molar-refractivity contribution in [2.24, 2.45) is 0 Å². The quantitative estimate of drug-likeness (QED) is 0.151. The molecule has 68 heavy (non-hydrogen) atoms. The highest BCUT2D eigenvalue weighted by atomic mass is 15.2. The standard InChI is InChI=1S/C66H44N2/c1-3-21-49(22-4-1)67-61-33-11-9-26-54(61)59-41-45(35-37-63(59)67)43-17-13-19-47(39-43)51-29-15-31-57-53-25-7-8-28-56(53)65-52(30-16-32-58(65)66(51)57)48-20-14-18-44(40-48)46-36-38-64-60(42-46)55-27-10-12-34-62(55)68(64)50-23-5-2-6-24-50/h1-42,60,64H. The van der Waals surface area contributed by atoms with Crippen LogP contribution in [-0.4, -0.2) is 10.6 Å². The van der Waals surface area contributed by atoms with Gasteiger partial charge in [0.25, 0.3) is 0 Å². The topological polar surface area (TPSA) is 8.17 Å². The predicted octanol–water partition coefficient (Wildman–Crippen LogP) is 17.5. The summed E-state index contributed by atoms with van der Waals surface area (Å²) < 4.78 is 2.38. The summed E-state index contributed by atoms with van der Waals surface area (Å²) in [6.07, 6.45) is 7.26. The normalized spacial score (nSPS) is 15.4. The lowest BCUT2D eigenvalue weighted by molar-refractivity contribution is 0.747. The number of rotatable bonds is 6. The molecule has 0 fully saturated rings. The van der Waals surface area contributed by atoms with Crippen LogP contribution in [0.25, 0.3) is 98.8 Å². The summed E-state index contributed by atoms with van der Waals surface area (Å²) in [5.41, 5.74) is 17.3. The molecule has 318 valence electrons. The van der Waals surface area contributed by atoms with E-state index in [2.05, 4.69) is 264 Å². The van der Waals surface area contributed by atoms with Gasteiger partial charge >= 0.3 is 0 Å². The van der Waals surface area contributed by atoms with Gasteiger partial charge in [0, 0.05) is 33.8 Å². The van der Waals surface area contributed by atoms with Crippen molar-refractivity contribution < 1.29 is 0 Å². The smallest absolute Gasteiger partial charge is 0.0630 e. The van der Waals surface area contributed by atoms with Gasteiger partial charge in [-0.15, -0.1) is 0 Å². The molecule has 0 amide bonds. The number of benzene rings is 11. The van der Waals surface area contributed by atoms with E-state index in [9.17, 15) is 0 Å². The molecule has 0 bridgehead atoms. The van der Waals surface area contributed by atoms with Crippen LogP contribution in [0.2, 0.25) is 0 Å². The minimum atomic E-state index is 0.228. The molecule has 0 N–H and O–H groups in total. The monoisotopic (exact) mass is 864 g/mol. The van der Waals surface area contributed by atoms with E-state index in [1.807, 2.05) is 0 Å². The lowest BCUT2D eigenvalue weighted by Gasteiger charge is -2.29. The summed E-state index contributed by atoms with van der Waals surface area (Å²) in [4.78, 5) is 2.50. The second kappa shape index (κ2) is 15.4. The molecule has 0 radical (unpaired) electrons. The molecule has 2 unspecified atom stereocenters. The molecule has 1 aromatic heterocycles. The molecule has 2 heterocycles. The van der Waals surface area contributed by atoms with E-state index in [4.69, 9.17) is 0 Å². The Kier molecular flexibility index (Phi) is 8.75. The van der Waals surface area contributed by atoms with Crippen LogP contribution in [0, 0.1) is 0 Å². The van der Waals surface area contributed by atoms with E-state index in [0.29, 0.717) is 0 Å². The number of anilines is 2. The van der Waals surface area contributed by atoms with E-state index in [1.165, 1.54) is 121 Å². The van der Waals surface area contributed by atoms with Crippen LogP contribution in [0.5, 0.6) is 0 Å². The third kappa shape index (κ3) is 5.97. The average molecular weight is 865 g/mol. The lowest BCUT2D eigenvalue weighted by Crippen LogP contribution is -2.28. The first-order valence-electron chi connectivity index (χ1n) is 23.7. The molecule has 11 aromatic carbocycles.